The van der Waals surface area contributed by atoms with Gasteiger partial charge in [-0.1, -0.05) is 120 Å². The fourth-order valence-corrected chi connectivity index (χ4v) is 11.8. The summed E-state index contributed by atoms with van der Waals surface area (Å²) in [5.74, 6) is -2.13. The highest BCUT2D eigenvalue weighted by Crippen LogP contribution is 2.47. The van der Waals surface area contributed by atoms with E-state index in [1.54, 1.807) is 29.2 Å². The van der Waals surface area contributed by atoms with Crippen LogP contribution < -0.4 is 4.90 Å². The van der Waals surface area contributed by atoms with E-state index in [1.165, 1.54) is 94.4 Å². The summed E-state index contributed by atoms with van der Waals surface area (Å²) < 4.78 is 60.6. The van der Waals surface area contributed by atoms with E-state index in [1.807, 2.05) is 79.1 Å². The summed E-state index contributed by atoms with van der Waals surface area (Å²) in [6.07, 6.45) is -3.73. The zero-order valence-corrected chi connectivity index (χ0v) is 45.9. The van der Waals surface area contributed by atoms with Crippen molar-refractivity contribution in [3.8, 4) is 28.1 Å². The van der Waals surface area contributed by atoms with Gasteiger partial charge in [0.2, 0.25) is 5.91 Å². The van der Waals surface area contributed by atoms with Crippen molar-refractivity contribution in [3.63, 3.8) is 0 Å². The predicted molar refractivity (Wildman–Crippen MR) is 305 cm³/mol. The van der Waals surface area contributed by atoms with Gasteiger partial charge in [-0.15, -0.1) is 0 Å². The number of phenols is 1. The zero-order chi connectivity index (χ0) is 56.7. The number of anilines is 1. The first kappa shape index (κ1) is 58.8. The molecule has 5 atom stereocenters. The molecule has 8 rings (SSSR count). The summed E-state index contributed by atoms with van der Waals surface area (Å²) in [6, 6.07) is 42.3. The molecule has 0 bridgehead atoms. The molecule has 1 aliphatic rings. The number of aromatic hydroxyl groups is 1. The Kier molecular flexibility index (Phi) is 20.7. The Morgan fingerprint density at radius 1 is 0.675 bits per heavy atom. The fraction of sp³-hybridized carbons (Fsp3) is 0.302. The molecule has 7 aromatic rings. The third-order valence-corrected chi connectivity index (χ3v) is 16.2. The van der Waals surface area contributed by atoms with Gasteiger partial charge in [0.1, 0.15) is 42.5 Å². The molecule has 1 amide bonds. The molecule has 80 heavy (non-hydrogen) atoms. The second-order valence-electron chi connectivity index (χ2n) is 19.8. The van der Waals surface area contributed by atoms with Crippen molar-refractivity contribution in [2.24, 2.45) is 5.92 Å². The summed E-state index contributed by atoms with van der Waals surface area (Å²) in [6.45, 7) is 4.29. The number of aliphatic hydroxyl groups excluding tert-OH is 2. The number of phenolic OH excluding ortho intramolecular Hbond substituents is 1. The number of hydrogen-bond donors (Lipinski definition) is 3. The minimum absolute atomic E-state index is 0.0178. The first-order chi connectivity index (χ1) is 38.6. The third kappa shape index (κ3) is 15.3. The normalized spacial score (nSPS) is 15.2. The minimum atomic E-state index is -1.20. The largest absolute Gasteiger partial charge is 0.508 e. The second-order valence-corrected chi connectivity index (χ2v) is 22.5. The maximum absolute atomic E-state index is 14.5. The molecule has 0 radical (unpaired) electrons. The van der Waals surface area contributed by atoms with Gasteiger partial charge in [0, 0.05) is 47.0 Å². The Balaban J connectivity index is 0.791. The zero-order valence-electron chi connectivity index (χ0n) is 44.3. The lowest BCUT2D eigenvalue weighted by atomic mass is 9.78. The van der Waals surface area contributed by atoms with E-state index in [4.69, 9.17) is 14.2 Å². The number of aromatic nitrogens is 1. The van der Waals surface area contributed by atoms with Crippen LogP contribution >= 0.6 is 21.6 Å². The van der Waals surface area contributed by atoms with Crippen LogP contribution in [0.15, 0.2) is 158 Å². The van der Waals surface area contributed by atoms with Crippen molar-refractivity contribution in [2.75, 3.05) is 29.6 Å². The Hall–Kier alpha value is -7.31. The number of carbonyl (C=O) groups excluding carboxylic acids is 4. The highest BCUT2D eigenvalue weighted by atomic mass is 33.1. The van der Waals surface area contributed by atoms with Crippen LogP contribution in [0.2, 0.25) is 0 Å². The van der Waals surface area contributed by atoms with Crippen LogP contribution in [0.5, 0.6) is 5.75 Å². The third-order valence-electron chi connectivity index (χ3n) is 13.8. The molecule has 1 aliphatic heterocycles. The Bertz CT molecular complexity index is 3170. The lowest BCUT2D eigenvalue weighted by molar-refractivity contribution is -0.145. The molecular formula is C63H63F3N2O10S2. The highest BCUT2D eigenvalue weighted by molar-refractivity contribution is 8.76. The number of hydrogen-bond acceptors (Lipinski definition) is 12. The molecule has 3 N–H and O–H groups in total. The number of carbonyl (C=O) groups is 4. The van der Waals surface area contributed by atoms with Gasteiger partial charge >= 0.3 is 12.1 Å². The van der Waals surface area contributed by atoms with Crippen LogP contribution in [0.3, 0.4) is 0 Å². The number of ketones is 1. The molecule has 1 unspecified atom stereocenters. The standard InChI is InChI=1S/C63H63F3N2O10S2/c1-40(2)59-58(54(72)37-41-9-5-3-6-10-41)57(43-11-7-4-8-12-43)61(45-15-21-47(65)22-16-45)67(59)32-31-51(70)38-52(71)39-56(73)76-33-35-79-80-36-34-77-63(75)78-55(42-13-19-46(64)20-14-42)30-29-53-60(44-17-27-50(69)28-18-44)68(62(53)74)49-25-23-48(66)24-26-49/h3-28,40,51-53,55,60,69-71H,29-39H2,1-2H3/t51-,52-,53-,55+,60?/m1/s1. The van der Waals surface area contributed by atoms with Gasteiger partial charge in [-0.05, 0) is 132 Å². The summed E-state index contributed by atoms with van der Waals surface area (Å²) in [7, 11) is 2.75. The average molecular weight is 1130 g/mol. The quantitative estimate of drug-likeness (QED) is 0.0147. The summed E-state index contributed by atoms with van der Waals surface area (Å²) in [4.78, 5) is 55.5. The maximum atomic E-state index is 14.5. The smallest absolute Gasteiger partial charge is 0.508 e. The van der Waals surface area contributed by atoms with Crippen molar-refractivity contribution >= 4 is 51.1 Å². The van der Waals surface area contributed by atoms with Crippen molar-refractivity contribution in [1.29, 1.82) is 0 Å². The van der Waals surface area contributed by atoms with E-state index in [2.05, 4.69) is 0 Å². The molecule has 418 valence electrons. The molecule has 1 fully saturated rings. The topological polar surface area (TPSA) is 165 Å². The lowest BCUT2D eigenvalue weighted by Crippen LogP contribution is -2.55. The molecule has 1 saturated heterocycles. The highest BCUT2D eigenvalue weighted by Gasteiger charge is 2.48. The molecule has 6 aromatic carbocycles. The van der Waals surface area contributed by atoms with E-state index in [0.717, 1.165) is 27.9 Å². The number of ether oxygens (including phenoxy) is 3. The van der Waals surface area contributed by atoms with Crippen LogP contribution in [-0.4, -0.2) is 80.6 Å². The molecule has 0 spiro atoms. The summed E-state index contributed by atoms with van der Waals surface area (Å²) in [5.41, 5.74) is 6.89. The van der Waals surface area contributed by atoms with Crippen LogP contribution in [0.1, 0.15) is 96.8 Å². The number of β-lactam (4-membered cyclic amide) rings is 1. The van der Waals surface area contributed by atoms with Crippen LogP contribution in [-0.2, 0) is 36.8 Å². The second kappa shape index (κ2) is 28.2. The maximum Gasteiger partial charge on any atom is 0.508 e. The first-order valence-corrected chi connectivity index (χ1v) is 29.0. The number of benzene rings is 6. The van der Waals surface area contributed by atoms with Crippen molar-refractivity contribution in [1.82, 2.24) is 4.57 Å². The van der Waals surface area contributed by atoms with Gasteiger partial charge in [-0.3, -0.25) is 14.4 Å². The molecule has 1 aromatic heterocycles. The summed E-state index contributed by atoms with van der Waals surface area (Å²) >= 11 is 0. The monoisotopic (exact) mass is 1130 g/mol. The average Bonchev–Trinajstić information content (AvgIpc) is 4.02. The van der Waals surface area contributed by atoms with Crippen LogP contribution in [0.25, 0.3) is 22.4 Å². The SMILES string of the molecule is CC(C)c1c(C(=O)Cc2ccccc2)c(-c2ccccc2)c(-c2ccc(F)cc2)n1CC[C@@H](O)C[C@@H](O)CC(=O)OCCSSCCOC(=O)O[C@@H](CC[C@H]1C(=O)N(c2ccc(F)cc2)C1c1ccc(O)cc1)c1ccc(F)cc1. The Morgan fingerprint density at radius 3 is 1.89 bits per heavy atom. The van der Waals surface area contributed by atoms with E-state index >= 15 is 0 Å². The number of nitrogens with zero attached hydrogens (tertiary/aromatic N) is 2. The van der Waals surface area contributed by atoms with Gasteiger partial charge in [0.05, 0.1) is 36.3 Å². The van der Waals surface area contributed by atoms with E-state index in [-0.39, 0.29) is 81.6 Å². The van der Waals surface area contributed by atoms with Gasteiger partial charge in [-0.2, -0.15) is 0 Å². The lowest BCUT2D eigenvalue weighted by Gasteiger charge is -2.48. The number of rotatable bonds is 27. The minimum Gasteiger partial charge on any atom is -0.508 e. The van der Waals surface area contributed by atoms with Gasteiger partial charge < -0.3 is 39.0 Å². The predicted octanol–water partition coefficient (Wildman–Crippen LogP) is 13.4. The van der Waals surface area contributed by atoms with Crippen molar-refractivity contribution in [2.45, 2.75) is 89.2 Å². The number of esters is 1. The van der Waals surface area contributed by atoms with Crippen molar-refractivity contribution < 1.29 is 61.9 Å². The first-order valence-electron chi connectivity index (χ1n) is 26.5. The van der Waals surface area contributed by atoms with Crippen LogP contribution in [0.4, 0.5) is 23.7 Å². The van der Waals surface area contributed by atoms with Gasteiger partial charge in [0.25, 0.3) is 0 Å². The Labute approximate surface area is 471 Å². The molecule has 0 saturated carbocycles. The number of Topliss-reactive ketones (excluding diaryl/α,β-unsaturated/α-hetero) is 1. The van der Waals surface area contributed by atoms with Gasteiger partial charge in [-0.25, -0.2) is 18.0 Å². The molecule has 12 nitrogen and oxygen atoms in total. The number of aliphatic hydroxyl groups is 2. The van der Waals surface area contributed by atoms with E-state index < -0.39 is 59.8 Å². The van der Waals surface area contributed by atoms with Crippen LogP contribution in [0, 0.1) is 23.4 Å². The van der Waals surface area contributed by atoms with Gasteiger partial charge in [0.15, 0.2) is 5.78 Å². The van der Waals surface area contributed by atoms with E-state index in [0.29, 0.717) is 39.6 Å². The molecule has 17 heteroatoms. The van der Waals surface area contributed by atoms with E-state index in [9.17, 15) is 47.7 Å². The molecule has 0 aliphatic carbocycles. The number of amides is 1. The summed E-state index contributed by atoms with van der Waals surface area (Å²) in [5, 5.41) is 32.2. The van der Waals surface area contributed by atoms with Crippen molar-refractivity contribution in [3.05, 3.63) is 203 Å². The fourth-order valence-electron chi connectivity index (χ4n) is 10.2. The molecular weight excluding hydrogens is 1070 g/mol. The number of halogens is 3. The Morgan fingerprint density at radius 2 is 1.26 bits per heavy atom. The molecule has 2 heterocycles.